The standard InChI is InChI=1S/C14H23N5O2/c1-2-9-15-13-12(19(20)21)14(17-10-16-13)18-11-7-5-3-4-6-8-11/h10-11H,2-9H2,1H3,(H2,15,16,17,18). The zero-order valence-corrected chi connectivity index (χ0v) is 12.5. The van der Waals surface area contributed by atoms with E-state index in [-0.39, 0.29) is 11.7 Å². The van der Waals surface area contributed by atoms with Crippen LogP contribution in [0.2, 0.25) is 0 Å². The monoisotopic (exact) mass is 293 g/mol. The third kappa shape index (κ3) is 4.27. The molecule has 1 fully saturated rings. The van der Waals surface area contributed by atoms with Gasteiger partial charge in [0.2, 0.25) is 11.6 Å². The highest BCUT2D eigenvalue weighted by atomic mass is 16.6. The van der Waals surface area contributed by atoms with Crippen molar-refractivity contribution < 1.29 is 4.92 Å². The smallest absolute Gasteiger partial charge is 0.353 e. The summed E-state index contributed by atoms with van der Waals surface area (Å²) in [4.78, 5) is 19.1. The van der Waals surface area contributed by atoms with Gasteiger partial charge in [0.05, 0.1) is 4.92 Å². The van der Waals surface area contributed by atoms with Gasteiger partial charge in [0, 0.05) is 12.6 Å². The number of rotatable bonds is 6. The van der Waals surface area contributed by atoms with Crippen LogP contribution >= 0.6 is 0 Å². The summed E-state index contributed by atoms with van der Waals surface area (Å²) in [5, 5.41) is 17.6. The highest BCUT2D eigenvalue weighted by molar-refractivity contribution is 5.69. The predicted octanol–water partition coefficient (Wildman–Crippen LogP) is 3.34. The minimum absolute atomic E-state index is 0.0461. The molecule has 7 heteroatoms. The van der Waals surface area contributed by atoms with E-state index in [2.05, 4.69) is 20.6 Å². The molecule has 2 N–H and O–H groups in total. The molecule has 0 spiro atoms. The number of aromatic nitrogens is 2. The Morgan fingerprint density at radius 2 is 1.90 bits per heavy atom. The Labute approximate surface area is 124 Å². The van der Waals surface area contributed by atoms with Crippen molar-refractivity contribution in [3.63, 3.8) is 0 Å². The summed E-state index contributed by atoms with van der Waals surface area (Å²) in [6.07, 6.45) is 9.16. The number of hydrogen-bond donors (Lipinski definition) is 2. The molecule has 0 bridgehead atoms. The molecule has 1 aromatic rings. The SMILES string of the molecule is CCCNc1ncnc(NC2CCCCCC2)c1[N+](=O)[O-]. The van der Waals surface area contributed by atoms with Crippen molar-refractivity contribution in [2.24, 2.45) is 0 Å². The van der Waals surface area contributed by atoms with Gasteiger partial charge in [0.15, 0.2) is 0 Å². The van der Waals surface area contributed by atoms with Gasteiger partial charge < -0.3 is 10.6 Å². The maximum Gasteiger partial charge on any atom is 0.353 e. The molecule has 0 aromatic carbocycles. The van der Waals surface area contributed by atoms with Gasteiger partial charge in [0.25, 0.3) is 0 Å². The fraction of sp³-hybridized carbons (Fsp3) is 0.714. The summed E-state index contributed by atoms with van der Waals surface area (Å²) in [7, 11) is 0. The molecule has 1 aromatic heterocycles. The third-order valence-corrected chi connectivity index (χ3v) is 3.74. The molecular weight excluding hydrogens is 270 g/mol. The quantitative estimate of drug-likeness (QED) is 0.474. The molecule has 7 nitrogen and oxygen atoms in total. The maximum atomic E-state index is 11.4. The molecule has 0 saturated heterocycles. The average molecular weight is 293 g/mol. The van der Waals surface area contributed by atoms with Crippen LogP contribution in [0.3, 0.4) is 0 Å². The summed E-state index contributed by atoms with van der Waals surface area (Å²) in [5.41, 5.74) is -0.0461. The number of nitrogens with zero attached hydrogens (tertiary/aromatic N) is 3. The van der Waals surface area contributed by atoms with Crippen LogP contribution in [0.15, 0.2) is 6.33 Å². The lowest BCUT2D eigenvalue weighted by Gasteiger charge is -2.17. The molecule has 0 amide bonds. The van der Waals surface area contributed by atoms with Gasteiger partial charge in [-0.3, -0.25) is 10.1 Å². The van der Waals surface area contributed by atoms with Crippen molar-refractivity contribution in [2.75, 3.05) is 17.2 Å². The summed E-state index contributed by atoms with van der Waals surface area (Å²) >= 11 is 0. The van der Waals surface area contributed by atoms with Gasteiger partial charge in [-0.1, -0.05) is 32.6 Å². The third-order valence-electron chi connectivity index (χ3n) is 3.74. The topological polar surface area (TPSA) is 93.0 Å². The molecule has 2 rings (SSSR count). The molecule has 116 valence electrons. The first-order valence-electron chi connectivity index (χ1n) is 7.72. The fourth-order valence-corrected chi connectivity index (χ4v) is 2.65. The minimum atomic E-state index is -0.406. The van der Waals surface area contributed by atoms with Crippen LogP contribution in [0.5, 0.6) is 0 Å². The Balaban J connectivity index is 2.18. The van der Waals surface area contributed by atoms with Crippen molar-refractivity contribution in [1.29, 1.82) is 0 Å². The number of hydrogen-bond acceptors (Lipinski definition) is 6. The van der Waals surface area contributed by atoms with Gasteiger partial charge >= 0.3 is 5.69 Å². The van der Waals surface area contributed by atoms with E-state index in [0.717, 1.165) is 32.1 Å². The van der Waals surface area contributed by atoms with Crippen molar-refractivity contribution in [2.45, 2.75) is 57.9 Å². The Hall–Kier alpha value is -1.92. The molecule has 21 heavy (non-hydrogen) atoms. The first kappa shape index (κ1) is 15.5. The van der Waals surface area contributed by atoms with E-state index in [1.54, 1.807) is 0 Å². The van der Waals surface area contributed by atoms with Gasteiger partial charge in [-0.25, -0.2) is 9.97 Å². The number of nitro groups is 1. The van der Waals surface area contributed by atoms with E-state index in [9.17, 15) is 10.1 Å². The van der Waals surface area contributed by atoms with E-state index < -0.39 is 4.92 Å². The van der Waals surface area contributed by atoms with Crippen LogP contribution in [0, 0.1) is 10.1 Å². The van der Waals surface area contributed by atoms with Crippen molar-refractivity contribution >= 4 is 17.3 Å². The van der Waals surface area contributed by atoms with Crippen LogP contribution in [0.1, 0.15) is 51.9 Å². The molecule has 1 aliphatic carbocycles. The predicted molar refractivity (Wildman–Crippen MR) is 82.6 cm³/mol. The number of anilines is 2. The molecular formula is C14H23N5O2. The highest BCUT2D eigenvalue weighted by Crippen LogP contribution is 2.31. The second kappa shape index (κ2) is 7.75. The van der Waals surface area contributed by atoms with Gasteiger partial charge in [-0.2, -0.15) is 0 Å². The molecule has 1 aliphatic rings. The lowest BCUT2D eigenvalue weighted by molar-refractivity contribution is -0.383. The minimum Gasteiger partial charge on any atom is -0.364 e. The van der Waals surface area contributed by atoms with E-state index in [0.29, 0.717) is 18.2 Å². The van der Waals surface area contributed by atoms with E-state index in [1.165, 1.54) is 19.2 Å². The van der Waals surface area contributed by atoms with Gasteiger partial charge in [-0.15, -0.1) is 0 Å². The molecule has 1 saturated carbocycles. The second-order valence-corrected chi connectivity index (χ2v) is 5.44. The summed E-state index contributed by atoms with van der Waals surface area (Å²) < 4.78 is 0. The van der Waals surface area contributed by atoms with Crippen molar-refractivity contribution in [3.05, 3.63) is 16.4 Å². The summed E-state index contributed by atoms with van der Waals surface area (Å²) in [5.74, 6) is 0.633. The first-order chi connectivity index (χ1) is 10.2. The molecule has 0 radical (unpaired) electrons. The molecule has 0 aliphatic heterocycles. The maximum absolute atomic E-state index is 11.4. The van der Waals surface area contributed by atoms with E-state index >= 15 is 0 Å². The van der Waals surface area contributed by atoms with Crippen molar-refractivity contribution in [1.82, 2.24) is 9.97 Å². The number of nitrogens with one attached hydrogen (secondary N) is 2. The first-order valence-corrected chi connectivity index (χ1v) is 7.72. The van der Waals surface area contributed by atoms with Crippen molar-refractivity contribution in [3.8, 4) is 0 Å². The lowest BCUT2D eigenvalue weighted by atomic mass is 10.1. The van der Waals surface area contributed by atoms with Crippen LogP contribution < -0.4 is 10.6 Å². The Morgan fingerprint density at radius 1 is 1.24 bits per heavy atom. The summed E-state index contributed by atoms with van der Waals surface area (Å²) in [6.45, 7) is 2.66. The summed E-state index contributed by atoms with van der Waals surface area (Å²) in [6, 6.07) is 0.264. The molecule has 0 atom stereocenters. The van der Waals surface area contributed by atoms with Crippen LogP contribution in [0.25, 0.3) is 0 Å². The van der Waals surface area contributed by atoms with Crippen LogP contribution in [-0.4, -0.2) is 27.5 Å². The largest absolute Gasteiger partial charge is 0.364 e. The van der Waals surface area contributed by atoms with E-state index in [4.69, 9.17) is 0 Å². The fourth-order valence-electron chi connectivity index (χ4n) is 2.65. The average Bonchev–Trinajstić information content (AvgIpc) is 2.73. The molecule has 1 heterocycles. The van der Waals surface area contributed by atoms with Crippen LogP contribution in [-0.2, 0) is 0 Å². The zero-order valence-electron chi connectivity index (χ0n) is 12.5. The normalized spacial score (nSPS) is 16.2. The molecule has 0 unspecified atom stereocenters. The lowest BCUT2D eigenvalue weighted by Crippen LogP contribution is -2.20. The Bertz CT molecular complexity index is 472. The van der Waals surface area contributed by atoms with Gasteiger partial charge in [-0.05, 0) is 19.3 Å². The Kier molecular flexibility index (Phi) is 5.71. The van der Waals surface area contributed by atoms with E-state index in [1.807, 2.05) is 6.92 Å². The second-order valence-electron chi connectivity index (χ2n) is 5.44. The highest BCUT2D eigenvalue weighted by Gasteiger charge is 2.24. The zero-order chi connectivity index (χ0) is 15.1. The Morgan fingerprint density at radius 3 is 2.52 bits per heavy atom. The van der Waals surface area contributed by atoms with Crippen LogP contribution in [0.4, 0.5) is 17.3 Å². The van der Waals surface area contributed by atoms with Gasteiger partial charge in [0.1, 0.15) is 6.33 Å².